The zero-order chi connectivity index (χ0) is 12.2. The molecule has 0 amide bonds. The Morgan fingerprint density at radius 1 is 1.50 bits per heavy atom. The van der Waals surface area contributed by atoms with Gasteiger partial charge in [-0.25, -0.2) is 8.42 Å². The number of sulfonamides is 1. The van der Waals surface area contributed by atoms with E-state index < -0.39 is 16.0 Å². The van der Waals surface area contributed by atoms with E-state index in [4.69, 9.17) is 11.5 Å². The molecule has 0 saturated heterocycles. The van der Waals surface area contributed by atoms with E-state index in [2.05, 4.69) is 5.92 Å². The predicted molar refractivity (Wildman–Crippen MR) is 59.2 cm³/mol. The standard InChI is InChI=1S/C10H15NO4S/c1-2-6-11(8-9-3-4-9)16(14,15)7-5-10(12)13/h1,9H,3-8H2,(H,12,13). The van der Waals surface area contributed by atoms with Crippen LogP contribution < -0.4 is 0 Å². The van der Waals surface area contributed by atoms with Crippen LogP contribution in [0, 0.1) is 18.3 Å². The highest BCUT2D eigenvalue weighted by Gasteiger charge is 2.30. The molecule has 1 saturated carbocycles. The molecular weight excluding hydrogens is 230 g/mol. The van der Waals surface area contributed by atoms with Gasteiger partial charge in [0.2, 0.25) is 10.0 Å². The summed E-state index contributed by atoms with van der Waals surface area (Å²) in [4.78, 5) is 10.3. The molecule has 0 atom stereocenters. The molecule has 0 spiro atoms. The Morgan fingerprint density at radius 3 is 2.56 bits per heavy atom. The van der Waals surface area contributed by atoms with Gasteiger partial charge in [0.15, 0.2) is 0 Å². The summed E-state index contributed by atoms with van der Waals surface area (Å²) in [7, 11) is -3.52. The van der Waals surface area contributed by atoms with Crippen LogP contribution >= 0.6 is 0 Å². The van der Waals surface area contributed by atoms with Crippen LogP contribution in [0.4, 0.5) is 0 Å². The average Bonchev–Trinajstić information content (AvgIpc) is 2.98. The average molecular weight is 245 g/mol. The summed E-state index contributed by atoms with van der Waals surface area (Å²) in [6.45, 7) is 0.449. The lowest BCUT2D eigenvalue weighted by Gasteiger charge is -2.18. The number of hydrogen-bond acceptors (Lipinski definition) is 3. The Labute approximate surface area is 95.5 Å². The lowest BCUT2D eigenvalue weighted by Crippen LogP contribution is -2.35. The fraction of sp³-hybridized carbons (Fsp3) is 0.700. The maximum atomic E-state index is 11.8. The smallest absolute Gasteiger partial charge is 0.304 e. The lowest BCUT2D eigenvalue weighted by atomic mass is 10.4. The van der Waals surface area contributed by atoms with Gasteiger partial charge in [-0.1, -0.05) is 5.92 Å². The van der Waals surface area contributed by atoms with E-state index in [0.717, 1.165) is 12.8 Å². The van der Waals surface area contributed by atoms with E-state index in [1.165, 1.54) is 4.31 Å². The highest BCUT2D eigenvalue weighted by molar-refractivity contribution is 7.89. The van der Waals surface area contributed by atoms with Gasteiger partial charge in [0.1, 0.15) is 0 Å². The van der Waals surface area contributed by atoms with E-state index in [0.29, 0.717) is 12.5 Å². The molecule has 16 heavy (non-hydrogen) atoms. The number of aliphatic carboxylic acids is 1. The third kappa shape index (κ3) is 4.21. The fourth-order valence-corrected chi connectivity index (χ4v) is 2.71. The first-order valence-corrected chi connectivity index (χ1v) is 6.69. The van der Waals surface area contributed by atoms with E-state index >= 15 is 0 Å². The maximum Gasteiger partial charge on any atom is 0.304 e. The minimum absolute atomic E-state index is 0.0262. The van der Waals surface area contributed by atoms with Crippen molar-refractivity contribution in [1.29, 1.82) is 0 Å². The van der Waals surface area contributed by atoms with Gasteiger partial charge in [-0.05, 0) is 18.8 Å². The van der Waals surface area contributed by atoms with Gasteiger partial charge in [-0.2, -0.15) is 4.31 Å². The number of carboxylic acids is 1. The molecule has 0 aromatic heterocycles. The number of carbonyl (C=O) groups is 1. The third-order valence-electron chi connectivity index (χ3n) is 2.39. The summed E-state index contributed by atoms with van der Waals surface area (Å²) < 4.78 is 24.7. The van der Waals surface area contributed by atoms with E-state index in [-0.39, 0.29) is 18.7 Å². The first-order valence-electron chi connectivity index (χ1n) is 5.09. The molecule has 1 aliphatic carbocycles. The fourth-order valence-electron chi connectivity index (χ4n) is 1.31. The molecule has 0 aromatic carbocycles. The van der Waals surface area contributed by atoms with Gasteiger partial charge in [-0.15, -0.1) is 6.42 Å². The number of terminal acetylenes is 1. The molecular formula is C10H15NO4S. The van der Waals surface area contributed by atoms with Crippen LogP contribution in [-0.4, -0.2) is 42.6 Å². The molecule has 0 radical (unpaired) electrons. The Hall–Kier alpha value is -1.06. The molecule has 5 nitrogen and oxygen atoms in total. The summed E-state index contributed by atoms with van der Waals surface area (Å²) >= 11 is 0. The molecule has 1 fully saturated rings. The molecule has 90 valence electrons. The summed E-state index contributed by atoms with van der Waals surface area (Å²) in [5, 5.41) is 8.46. The zero-order valence-electron chi connectivity index (χ0n) is 8.92. The van der Waals surface area contributed by atoms with Crippen molar-refractivity contribution < 1.29 is 18.3 Å². The lowest BCUT2D eigenvalue weighted by molar-refractivity contribution is -0.136. The van der Waals surface area contributed by atoms with Crippen molar-refractivity contribution in [2.45, 2.75) is 19.3 Å². The van der Waals surface area contributed by atoms with Crippen LogP contribution in [0.3, 0.4) is 0 Å². The molecule has 0 bridgehead atoms. The van der Waals surface area contributed by atoms with Crippen molar-refractivity contribution in [3.8, 4) is 12.3 Å². The SMILES string of the molecule is C#CCN(CC1CC1)S(=O)(=O)CCC(=O)O. The number of hydrogen-bond donors (Lipinski definition) is 1. The van der Waals surface area contributed by atoms with E-state index in [9.17, 15) is 13.2 Å². The Balaban J connectivity index is 2.59. The van der Waals surface area contributed by atoms with Crippen LogP contribution in [0.15, 0.2) is 0 Å². The van der Waals surface area contributed by atoms with Crippen LogP contribution in [0.25, 0.3) is 0 Å². The zero-order valence-corrected chi connectivity index (χ0v) is 9.74. The third-order valence-corrected chi connectivity index (χ3v) is 4.18. The summed E-state index contributed by atoms with van der Waals surface area (Å²) in [6, 6.07) is 0. The van der Waals surface area contributed by atoms with Crippen LogP contribution in [-0.2, 0) is 14.8 Å². The van der Waals surface area contributed by atoms with Crippen LogP contribution in [0.1, 0.15) is 19.3 Å². The highest BCUT2D eigenvalue weighted by atomic mass is 32.2. The summed E-state index contributed by atoms with van der Waals surface area (Å²) in [5.74, 6) is 1.20. The second-order valence-electron chi connectivity index (χ2n) is 3.90. The quantitative estimate of drug-likeness (QED) is 0.647. The Kier molecular flexibility index (Phi) is 4.33. The topological polar surface area (TPSA) is 74.7 Å². The van der Waals surface area contributed by atoms with Gasteiger partial charge >= 0.3 is 5.97 Å². The van der Waals surface area contributed by atoms with Gasteiger partial charge in [0.25, 0.3) is 0 Å². The van der Waals surface area contributed by atoms with Gasteiger partial charge in [-0.3, -0.25) is 4.79 Å². The van der Waals surface area contributed by atoms with E-state index in [1.807, 2.05) is 0 Å². The molecule has 1 N–H and O–H groups in total. The van der Waals surface area contributed by atoms with Crippen molar-refractivity contribution in [2.24, 2.45) is 5.92 Å². The number of nitrogens with zero attached hydrogens (tertiary/aromatic N) is 1. The molecule has 6 heteroatoms. The second kappa shape index (κ2) is 5.32. The van der Waals surface area contributed by atoms with Gasteiger partial charge in [0.05, 0.1) is 18.7 Å². The molecule has 0 heterocycles. The largest absolute Gasteiger partial charge is 0.481 e. The van der Waals surface area contributed by atoms with Crippen molar-refractivity contribution in [3.05, 3.63) is 0 Å². The molecule has 0 aromatic rings. The first-order chi connectivity index (χ1) is 7.45. The normalized spacial score (nSPS) is 16.0. The monoisotopic (exact) mass is 245 g/mol. The number of carboxylic acid groups (broad SMARTS) is 1. The van der Waals surface area contributed by atoms with Crippen molar-refractivity contribution >= 4 is 16.0 Å². The van der Waals surface area contributed by atoms with Crippen LogP contribution in [0.2, 0.25) is 0 Å². The minimum atomic E-state index is -3.52. The molecule has 0 aliphatic heterocycles. The minimum Gasteiger partial charge on any atom is -0.481 e. The van der Waals surface area contributed by atoms with Crippen molar-refractivity contribution in [2.75, 3.05) is 18.8 Å². The Bertz CT molecular complexity index is 392. The van der Waals surface area contributed by atoms with Crippen LogP contribution in [0.5, 0.6) is 0 Å². The number of rotatable bonds is 7. The Morgan fingerprint density at radius 2 is 2.12 bits per heavy atom. The van der Waals surface area contributed by atoms with Gasteiger partial charge < -0.3 is 5.11 Å². The molecule has 0 unspecified atom stereocenters. The molecule has 1 aliphatic rings. The van der Waals surface area contributed by atoms with E-state index in [1.54, 1.807) is 0 Å². The molecule has 1 rings (SSSR count). The maximum absolute atomic E-state index is 11.8. The summed E-state index contributed by atoms with van der Waals surface area (Å²) in [6.07, 6.45) is 6.77. The highest BCUT2D eigenvalue weighted by Crippen LogP contribution is 2.30. The predicted octanol–water partition coefficient (Wildman–Crippen LogP) is 0.136. The summed E-state index contributed by atoms with van der Waals surface area (Å²) in [5.41, 5.74) is 0. The van der Waals surface area contributed by atoms with Gasteiger partial charge in [0, 0.05) is 6.54 Å². The first kappa shape index (κ1) is 13.0. The van der Waals surface area contributed by atoms with Crippen molar-refractivity contribution in [1.82, 2.24) is 4.31 Å². The second-order valence-corrected chi connectivity index (χ2v) is 5.99. The van der Waals surface area contributed by atoms with Crippen molar-refractivity contribution in [3.63, 3.8) is 0 Å².